The van der Waals surface area contributed by atoms with Crippen LogP contribution in [0.4, 0.5) is 4.39 Å². The monoisotopic (exact) mass is 283 g/mol. The average Bonchev–Trinajstić information content (AvgIpc) is 2.93. The van der Waals surface area contributed by atoms with Crippen molar-refractivity contribution in [1.29, 1.82) is 0 Å². The van der Waals surface area contributed by atoms with Gasteiger partial charge in [0, 0.05) is 17.0 Å². The van der Waals surface area contributed by atoms with E-state index in [1.54, 1.807) is 6.07 Å². The number of fused-ring (bicyclic) bond motifs is 1. The first-order chi connectivity index (χ1) is 10.2. The smallest absolute Gasteiger partial charge is 0.170 e. The second kappa shape index (κ2) is 5.70. The van der Waals surface area contributed by atoms with Gasteiger partial charge >= 0.3 is 0 Å². The molecule has 1 atom stereocenters. The van der Waals surface area contributed by atoms with Gasteiger partial charge in [0.1, 0.15) is 5.76 Å². The van der Waals surface area contributed by atoms with Gasteiger partial charge in [0.2, 0.25) is 0 Å². The lowest BCUT2D eigenvalue weighted by molar-refractivity contribution is 0.564. The van der Waals surface area contributed by atoms with E-state index in [0.717, 1.165) is 23.1 Å². The van der Waals surface area contributed by atoms with Gasteiger partial charge in [-0.05, 0) is 31.2 Å². The third-order valence-electron chi connectivity index (χ3n) is 3.70. The minimum Gasteiger partial charge on any atom is -0.453 e. The highest BCUT2D eigenvalue weighted by molar-refractivity contribution is 5.83. The molecular formula is C18H18FNO. The van der Waals surface area contributed by atoms with Gasteiger partial charge in [-0.1, -0.05) is 43.3 Å². The topological polar surface area (TPSA) is 25.2 Å². The van der Waals surface area contributed by atoms with Gasteiger partial charge in [0.05, 0.1) is 0 Å². The van der Waals surface area contributed by atoms with E-state index in [0.29, 0.717) is 11.3 Å². The van der Waals surface area contributed by atoms with E-state index in [1.165, 1.54) is 6.07 Å². The Morgan fingerprint density at radius 3 is 2.71 bits per heavy atom. The fourth-order valence-electron chi connectivity index (χ4n) is 2.68. The zero-order chi connectivity index (χ0) is 14.8. The van der Waals surface area contributed by atoms with Crippen molar-refractivity contribution in [3.05, 3.63) is 59.9 Å². The summed E-state index contributed by atoms with van der Waals surface area (Å²) in [5.41, 5.74) is 2.47. The number of para-hydroxylation sites is 1. The molecule has 108 valence electrons. The van der Waals surface area contributed by atoms with Crippen LogP contribution in [0.5, 0.6) is 0 Å². The molecule has 3 aromatic rings. The van der Waals surface area contributed by atoms with Gasteiger partial charge < -0.3 is 9.73 Å². The van der Waals surface area contributed by atoms with Gasteiger partial charge in [0.15, 0.2) is 11.4 Å². The van der Waals surface area contributed by atoms with E-state index in [2.05, 4.69) is 25.2 Å². The summed E-state index contributed by atoms with van der Waals surface area (Å²) in [5, 5.41) is 4.19. The third-order valence-corrected chi connectivity index (χ3v) is 3.70. The molecule has 0 spiro atoms. The second-order valence-electron chi connectivity index (χ2n) is 5.14. The molecule has 0 radical (unpaired) electrons. The van der Waals surface area contributed by atoms with Crippen molar-refractivity contribution >= 4 is 11.0 Å². The molecule has 0 saturated carbocycles. The Balaban J connectivity index is 2.12. The molecule has 0 aliphatic heterocycles. The summed E-state index contributed by atoms with van der Waals surface area (Å²) < 4.78 is 19.5. The van der Waals surface area contributed by atoms with Crippen LogP contribution in [0.3, 0.4) is 0 Å². The highest BCUT2D eigenvalue weighted by Gasteiger charge is 2.15. The zero-order valence-electron chi connectivity index (χ0n) is 12.2. The van der Waals surface area contributed by atoms with E-state index >= 15 is 0 Å². The van der Waals surface area contributed by atoms with Gasteiger partial charge in [-0.15, -0.1) is 0 Å². The normalized spacial score (nSPS) is 12.7. The number of hydrogen-bond donors (Lipinski definition) is 1. The predicted molar refractivity (Wildman–Crippen MR) is 83.7 cm³/mol. The molecule has 0 aliphatic rings. The maximum atomic E-state index is 13.8. The Morgan fingerprint density at radius 2 is 1.95 bits per heavy atom. The van der Waals surface area contributed by atoms with Crippen LogP contribution >= 0.6 is 0 Å². The minimum absolute atomic E-state index is 0.212. The van der Waals surface area contributed by atoms with Crippen molar-refractivity contribution in [2.75, 3.05) is 6.54 Å². The summed E-state index contributed by atoms with van der Waals surface area (Å²) in [5.74, 6) is 0.381. The van der Waals surface area contributed by atoms with E-state index in [9.17, 15) is 4.39 Å². The Kier molecular flexibility index (Phi) is 3.76. The van der Waals surface area contributed by atoms with Crippen molar-refractivity contribution in [3.63, 3.8) is 0 Å². The van der Waals surface area contributed by atoms with Crippen LogP contribution < -0.4 is 5.32 Å². The standard InChI is InChI=1S/C18H18FNO/c1-3-20-12(2)14-8-4-5-9-15(14)17-11-13-7-6-10-16(19)18(13)21-17/h4-12,20H,3H2,1-2H3. The van der Waals surface area contributed by atoms with Crippen LogP contribution in [0.1, 0.15) is 25.5 Å². The number of nitrogens with one attached hydrogen (secondary N) is 1. The summed E-state index contributed by atoms with van der Waals surface area (Å²) in [7, 11) is 0. The summed E-state index contributed by atoms with van der Waals surface area (Å²) >= 11 is 0. The molecule has 2 aromatic carbocycles. The Morgan fingerprint density at radius 1 is 1.14 bits per heavy atom. The third kappa shape index (κ3) is 2.57. The Hall–Kier alpha value is -2.13. The van der Waals surface area contributed by atoms with Crippen molar-refractivity contribution in [2.45, 2.75) is 19.9 Å². The molecule has 3 heteroatoms. The molecule has 0 amide bonds. The lowest BCUT2D eigenvalue weighted by atomic mass is 9.99. The highest BCUT2D eigenvalue weighted by Crippen LogP contribution is 2.33. The molecule has 0 saturated heterocycles. The van der Waals surface area contributed by atoms with Crippen LogP contribution in [-0.4, -0.2) is 6.54 Å². The van der Waals surface area contributed by atoms with Gasteiger partial charge in [-0.3, -0.25) is 0 Å². The fraction of sp³-hybridized carbons (Fsp3) is 0.222. The van der Waals surface area contributed by atoms with E-state index < -0.39 is 0 Å². The van der Waals surface area contributed by atoms with E-state index in [1.807, 2.05) is 30.3 Å². The van der Waals surface area contributed by atoms with Crippen LogP contribution in [0.2, 0.25) is 0 Å². The molecule has 1 aromatic heterocycles. The largest absolute Gasteiger partial charge is 0.453 e. The second-order valence-corrected chi connectivity index (χ2v) is 5.14. The molecule has 1 heterocycles. The summed E-state index contributed by atoms with van der Waals surface area (Å²) in [6.45, 7) is 5.09. The number of hydrogen-bond acceptors (Lipinski definition) is 2. The maximum Gasteiger partial charge on any atom is 0.170 e. The Labute approximate surface area is 123 Å². The first-order valence-electron chi connectivity index (χ1n) is 7.21. The number of benzene rings is 2. The highest BCUT2D eigenvalue weighted by atomic mass is 19.1. The van der Waals surface area contributed by atoms with E-state index in [-0.39, 0.29) is 11.9 Å². The van der Waals surface area contributed by atoms with Crippen LogP contribution in [-0.2, 0) is 0 Å². The van der Waals surface area contributed by atoms with E-state index in [4.69, 9.17) is 4.42 Å². The molecule has 1 N–H and O–H groups in total. The SMILES string of the molecule is CCNC(C)c1ccccc1-c1cc2cccc(F)c2o1. The number of furan rings is 1. The molecule has 3 rings (SSSR count). The fourth-order valence-corrected chi connectivity index (χ4v) is 2.68. The molecule has 1 unspecified atom stereocenters. The molecule has 0 fully saturated rings. The van der Waals surface area contributed by atoms with Crippen molar-refractivity contribution < 1.29 is 8.81 Å². The van der Waals surface area contributed by atoms with Crippen LogP contribution in [0.15, 0.2) is 52.9 Å². The lowest BCUT2D eigenvalue weighted by Crippen LogP contribution is -2.18. The number of halogens is 1. The quantitative estimate of drug-likeness (QED) is 0.736. The minimum atomic E-state index is -0.323. The van der Waals surface area contributed by atoms with Crippen molar-refractivity contribution in [2.24, 2.45) is 0 Å². The maximum absolute atomic E-state index is 13.8. The van der Waals surface area contributed by atoms with Gasteiger partial charge in [-0.2, -0.15) is 0 Å². The summed E-state index contributed by atoms with van der Waals surface area (Å²) in [6, 6.07) is 15.2. The van der Waals surface area contributed by atoms with Crippen LogP contribution in [0.25, 0.3) is 22.3 Å². The summed E-state index contributed by atoms with van der Waals surface area (Å²) in [4.78, 5) is 0. The molecule has 0 bridgehead atoms. The van der Waals surface area contributed by atoms with Gasteiger partial charge in [-0.25, -0.2) is 4.39 Å². The Bertz CT molecular complexity index is 763. The van der Waals surface area contributed by atoms with Crippen LogP contribution in [0, 0.1) is 5.82 Å². The molecule has 0 aliphatic carbocycles. The van der Waals surface area contributed by atoms with Crippen molar-refractivity contribution in [1.82, 2.24) is 5.32 Å². The predicted octanol–water partition coefficient (Wildman–Crippen LogP) is 4.91. The summed E-state index contributed by atoms with van der Waals surface area (Å²) in [6.07, 6.45) is 0. The first kappa shape index (κ1) is 13.8. The number of rotatable bonds is 4. The molecular weight excluding hydrogens is 265 g/mol. The molecule has 2 nitrogen and oxygen atoms in total. The van der Waals surface area contributed by atoms with Crippen molar-refractivity contribution in [3.8, 4) is 11.3 Å². The lowest BCUT2D eigenvalue weighted by Gasteiger charge is -2.15. The first-order valence-corrected chi connectivity index (χ1v) is 7.21. The van der Waals surface area contributed by atoms with Gasteiger partial charge in [0.25, 0.3) is 0 Å². The molecule has 21 heavy (non-hydrogen) atoms. The average molecular weight is 283 g/mol. The zero-order valence-corrected chi connectivity index (χ0v) is 12.2.